The van der Waals surface area contributed by atoms with E-state index < -0.39 is 6.10 Å². The van der Waals surface area contributed by atoms with Crippen molar-refractivity contribution < 1.29 is 5.11 Å². The second-order valence-electron chi connectivity index (χ2n) is 6.54. The Kier molecular flexibility index (Phi) is 4.60. The molecule has 0 aliphatic carbocycles. The molecule has 27 heavy (non-hydrogen) atoms. The highest BCUT2D eigenvalue weighted by Crippen LogP contribution is 2.30. The van der Waals surface area contributed by atoms with Gasteiger partial charge in [0.05, 0.1) is 18.0 Å². The number of benzene rings is 2. The highest BCUT2D eigenvalue weighted by atomic mass is 16.3. The molecule has 1 atom stereocenters. The number of aliphatic hydroxyl groups excluding tert-OH is 1. The summed E-state index contributed by atoms with van der Waals surface area (Å²) in [7, 11) is 1.98. The van der Waals surface area contributed by atoms with Crippen molar-refractivity contribution in [3.05, 3.63) is 84.3 Å². The van der Waals surface area contributed by atoms with Gasteiger partial charge in [0.2, 0.25) is 0 Å². The van der Waals surface area contributed by atoms with Gasteiger partial charge in [-0.2, -0.15) is 0 Å². The van der Waals surface area contributed by atoms with Crippen LogP contribution in [0, 0.1) is 0 Å². The van der Waals surface area contributed by atoms with Crippen LogP contribution in [0.15, 0.2) is 73.2 Å². The van der Waals surface area contributed by atoms with Gasteiger partial charge < -0.3 is 14.6 Å². The molecule has 4 aromatic rings. The lowest BCUT2D eigenvalue weighted by Crippen LogP contribution is -2.17. The van der Waals surface area contributed by atoms with Crippen LogP contribution in [-0.4, -0.2) is 26.2 Å². The van der Waals surface area contributed by atoms with E-state index in [1.807, 2.05) is 72.3 Å². The first-order chi connectivity index (χ1) is 13.2. The minimum Gasteiger partial charge on any atom is -0.384 e. The van der Waals surface area contributed by atoms with Gasteiger partial charge in [0, 0.05) is 25.3 Å². The van der Waals surface area contributed by atoms with Gasteiger partial charge in [0.1, 0.15) is 17.4 Å². The third-order valence-corrected chi connectivity index (χ3v) is 4.80. The number of imidazole rings is 1. The zero-order valence-corrected chi connectivity index (χ0v) is 15.4. The maximum atomic E-state index is 10.7. The molecule has 0 spiro atoms. The number of hydrogen-bond acceptors (Lipinski definition) is 4. The van der Waals surface area contributed by atoms with Gasteiger partial charge in [0.25, 0.3) is 0 Å². The van der Waals surface area contributed by atoms with E-state index >= 15 is 0 Å². The van der Waals surface area contributed by atoms with Crippen LogP contribution < -0.4 is 4.90 Å². The summed E-state index contributed by atoms with van der Waals surface area (Å²) in [6.07, 6.45) is 2.94. The average Bonchev–Trinajstić information content (AvgIpc) is 3.09. The fourth-order valence-corrected chi connectivity index (χ4v) is 3.33. The molecule has 1 N–H and O–H groups in total. The summed E-state index contributed by atoms with van der Waals surface area (Å²) >= 11 is 0. The molecule has 1 unspecified atom stereocenters. The summed E-state index contributed by atoms with van der Waals surface area (Å²) in [4.78, 5) is 11.1. The molecule has 0 aliphatic rings. The van der Waals surface area contributed by atoms with Crippen molar-refractivity contribution in [2.75, 3.05) is 11.4 Å². The lowest BCUT2D eigenvalue weighted by Gasteiger charge is -2.23. The Morgan fingerprint density at radius 1 is 1.00 bits per heavy atom. The summed E-state index contributed by atoms with van der Waals surface area (Å²) < 4.78 is 1.99. The first kappa shape index (κ1) is 17.2. The number of aliphatic hydroxyl groups is 1. The lowest BCUT2D eigenvalue weighted by atomic mass is 10.0. The summed E-state index contributed by atoms with van der Waals surface area (Å²) in [6.45, 7) is 2.86. The Morgan fingerprint density at radius 2 is 1.78 bits per heavy atom. The highest BCUT2D eigenvalue weighted by molar-refractivity contribution is 5.79. The van der Waals surface area contributed by atoms with Crippen molar-refractivity contribution in [3.63, 3.8) is 0 Å². The maximum absolute atomic E-state index is 10.7. The monoisotopic (exact) mass is 358 g/mol. The van der Waals surface area contributed by atoms with Crippen molar-refractivity contribution >= 4 is 22.5 Å². The molecule has 0 saturated carbocycles. The average molecular weight is 358 g/mol. The summed E-state index contributed by atoms with van der Waals surface area (Å²) in [5.74, 6) is 0.861. The van der Waals surface area contributed by atoms with E-state index in [9.17, 15) is 5.11 Å². The number of aromatic nitrogens is 3. The molecule has 2 heterocycles. The van der Waals surface area contributed by atoms with Crippen molar-refractivity contribution in [2.45, 2.75) is 13.0 Å². The van der Waals surface area contributed by atoms with Gasteiger partial charge in [0.15, 0.2) is 0 Å². The zero-order valence-electron chi connectivity index (χ0n) is 15.4. The van der Waals surface area contributed by atoms with E-state index in [2.05, 4.69) is 21.8 Å². The highest BCUT2D eigenvalue weighted by Gasteiger charge is 2.15. The molecule has 0 radical (unpaired) electrons. The molecule has 0 fully saturated rings. The minimum absolute atomic E-state index is 0.655. The van der Waals surface area contributed by atoms with Gasteiger partial charge in [-0.05, 0) is 30.2 Å². The lowest BCUT2D eigenvalue weighted by molar-refractivity contribution is 0.220. The van der Waals surface area contributed by atoms with Crippen molar-refractivity contribution in [1.29, 1.82) is 0 Å². The zero-order chi connectivity index (χ0) is 18.8. The van der Waals surface area contributed by atoms with E-state index in [0.717, 1.165) is 40.2 Å². The van der Waals surface area contributed by atoms with E-state index in [-0.39, 0.29) is 0 Å². The standard InChI is InChI=1S/C22H22N4O/c1-3-26(21-13-20-19(14-23-21)24-15-25(20)2)18-11-7-10-17(12-18)22(27)16-8-5-4-6-9-16/h4-15,22,27H,3H2,1-2H3. The molecule has 4 rings (SSSR count). The smallest absolute Gasteiger partial charge is 0.135 e. The molecule has 0 amide bonds. The molecule has 2 aromatic carbocycles. The number of hydrogen-bond donors (Lipinski definition) is 1. The fourth-order valence-electron chi connectivity index (χ4n) is 3.33. The maximum Gasteiger partial charge on any atom is 0.135 e. The number of anilines is 2. The second kappa shape index (κ2) is 7.21. The third-order valence-electron chi connectivity index (χ3n) is 4.80. The summed E-state index contributed by atoms with van der Waals surface area (Å²) in [5.41, 5.74) is 4.66. The third kappa shape index (κ3) is 3.29. The molecular formula is C22H22N4O. The predicted molar refractivity (Wildman–Crippen MR) is 108 cm³/mol. The van der Waals surface area contributed by atoms with Crippen LogP contribution >= 0.6 is 0 Å². The SMILES string of the molecule is CCN(c1cccc(C(O)c2ccccc2)c1)c1cc2c(cn1)ncn2C. The van der Waals surface area contributed by atoms with Gasteiger partial charge in [-0.25, -0.2) is 9.97 Å². The second-order valence-corrected chi connectivity index (χ2v) is 6.54. The van der Waals surface area contributed by atoms with Crippen LogP contribution in [0.5, 0.6) is 0 Å². The predicted octanol–water partition coefficient (Wildman–Crippen LogP) is 4.21. The van der Waals surface area contributed by atoms with Gasteiger partial charge in [-0.15, -0.1) is 0 Å². The van der Waals surface area contributed by atoms with E-state index in [4.69, 9.17) is 0 Å². The Labute approximate surface area is 158 Å². The molecule has 5 nitrogen and oxygen atoms in total. The normalized spacial score (nSPS) is 12.3. The van der Waals surface area contributed by atoms with Crippen molar-refractivity contribution in [3.8, 4) is 0 Å². The Balaban J connectivity index is 1.71. The first-order valence-electron chi connectivity index (χ1n) is 9.05. The van der Waals surface area contributed by atoms with Gasteiger partial charge >= 0.3 is 0 Å². The Bertz CT molecular complexity index is 1060. The molecule has 5 heteroatoms. The molecule has 0 bridgehead atoms. The van der Waals surface area contributed by atoms with Crippen molar-refractivity contribution in [1.82, 2.24) is 14.5 Å². The van der Waals surface area contributed by atoms with Crippen LogP contribution in [0.4, 0.5) is 11.5 Å². The first-order valence-corrected chi connectivity index (χ1v) is 9.05. The summed E-state index contributed by atoms with van der Waals surface area (Å²) in [5, 5.41) is 10.7. The Hall–Kier alpha value is -3.18. The van der Waals surface area contributed by atoms with Gasteiger partial charge in [-0.3, -0.25) is 0 Å². The van der Waals surface area contributed by atoms with Gasteiger partial charge in [-0.1, -0.05) is 42.5 Å². The molecule has 2 aromatic heterocycles. The van der Waals surface area contributed by atoms with Crippen LogP contribution in [0.1, 0.15) is 24.2 Å². The molecule has 0 saturated heterocycles. The number of fused-ring (bicyclic) bond motifs is 1. The molecule has 136 valence electrons. The molecular weight excluding hydrogens is 336 g/mol. The van der Waals surface area contributed by atoms with Crippen LogP contribution in [0.2, 0.25) is 0 Å². The summed E-state index contributed by atoms with van der Waals surface area (Å²) in [6, 6.07) is 19.7. The fraction of sp³-hybridized carbons (Fsp3) is 0.182. The van der Waals surface area contributed by atoms with Crippen LogP contribution in [-0.2, 0) is 7.05 Å². The number of nitrogens with zero attached hydrogens (tertiary/aromatic N) is 4. The minimum atomic E-state index is -0.655. The van der Waals surface area contributed by atoms with E-state index in [1.165, 1.54) is 0 Å². The topological polar surface area (TPSA) is 54.2 Å². The largest absolute Gasteiger partial charge is 0.384 e. The van der Waals surface area contributed by atoms with E-state index in [1.54, 1.807) is 12.5 Å². The van der Waals surface area contributed by atoms with E-state index in [0.29, 0.717) is 0 Å². The number of rotatable bonds is 5. The molecule has 0 aliphatic heterocycles. The van der Waals surface area contributed by atoms with Crippen molar-refractivity contribution in [2.24, 2.45) is 7.05 Å². The Morgan fingerprint density at radius 3 is 2.56 bits per heavy atom. The van der Waals surface area contributed by atoms with Crippen LogP contribution in [0.3, 0.4) is 0 Å². The number of pyridine rings is 1. The quantitative estimate of drug-likeness (QED) is 0.581. The van der Waals surface area contributed by atoms with Crippen LogP contribution in [0.25, 0.3) is 11.0 Å². The number of aryl methyl sites for hydroxylation is 1.